The van der Waals surface area contributed by atoms with Gasteiger partial charge in [-0.25, -0.2) is 4.39 Å². The number of amides is 2. The summed E-state index contributed by atoms with van der Waals surface area (Å²) >= 11 is 1.74. The highest BCUT2D eigenvalue weighted by molar-refractivity contribution is 7.10. The first kappa shape index (κ1) is 24.9. The molecular formula is C27H36FN3O2S. The molecule has 3 heterocycles. The van der Waals surface area contributed by atoms with Gasteiger partial charge in [0.25, 0.3) is 0 Å². The van der Waals surface area contributed by atoms with Crippen molar-refractivity contribution in [1.82, 2.24) is 14.7 Å². The van der Waals surface area contributed by atoms with E-state index in [-0.39, 0.29) is 29.6 Å². The van der Waals surface area contributed by atoms with Crippen molar-refractivity contribution in [3.8, 4) is 0 Å². The van der Waals surface area contributed by atoms with Crippen LogP contribution in [0.4, 0.5) is 4.39 Å². The lowest BCUT2D eigenvalue weighted by Gasteiger charge is -2.39. The van der Waals surface area contributed by atoms with Crippen LogP contribution >= 0.6 is 11.3 Å². The maximum absolute atomic E-state index is 14.0. The topological polar surface area (TPSA) is 43.9 Å². The van der Waals surface area contributed by atoms with Gasteiger partial charge < -0.3 is 9.80 Å². The molecular weight excluding hydrogens is 449 g/mol. The van der Waals surface area contributed by atoms with Gasteiger partial charge in [0.1, 0.15) is 5.82 Å². The number of unbranched alkanes of at least 4 members (excludes halogenated alkanes) is 1. The summed E-state index contributed by atoms with van der Waals surface area (Å²) in [5.74, 6) is 0.180. The van der Waals surface area contributed by atoms with Crippen molar-refractivity contribution in [3.05, 3.63) is 57.5 Å². The molecule has 1 aromatic carbocycles. The summed E-state index contributed by atoms with van der Waals surface area (Å²) in [6.45, 7) is 7.69. The Morgan fingerprint density at radius 2 is 1.85 bits per heavy atom. The molecule has 184 valence electrons. The molecule has 0 N–H and O–H groups in total. The highest BCUT2D eigenvalue weighted by Crippen LogP contribution is 2.37. The van der Waals surface area contributed by atoms with Crippen molar-refractivity contribution in [2.24, 2.45) is 5.92 Å². The van der Waals surface area contributed by atoms with Crippen LogP contribution in [0.1, 0.15) is 61.6 Å². The van der Waals surface area contributed by atoms with Crippen molar-refractivity contribution < 1.29 is 14.0 Å². The van der Waals surface area contributed by atoms with Gasteiger partial charge >= 0.3 is 0 Å². The minimum atomic E-state index is -0.253. The quantitative estimate of drug-likeness (QED) is 0.543. The first-order valence-electron chi connectivity index (χ1n) is 12.6. The summed E-state index contributed by atoms with van der Waals surface area (Å²) in [7, 11) is 0. The van der Waals surface area contributed by atoms with Crippen LogP contribution in [0.3, 0.4) is 0 Å². The molecule has 1 saturated heterocycles. The maximum atomic E-state index is 14.0. The fraction of sp³-hybridized carbons (Fsp3) is 0.556. The van der Waals surface area contributed by atoms with Gasteiger partial charge in [0.15, 0.2) is 0 Å². The maximum Gasteiger partial charge on any atom is 0.236 e. The molecule has 1 fully saturated rings. The number of benzene rings is 1. The van der Waals surface area contributed by atoms with Crippen molar-refractivity contribution >= 4 is 23.2 Å². The van der Waals surface area contributed by atoms with E-state index in [1.54, 1.807) is 23.5 Å². The SMILES string of the molecule is CCCC[C@@H](CC)C(=O)N1CCN(C(=O)CN2CCc3sccc3[C@@H]2c2cccc(F)c2)CC1. The van der Waals surface area contributed by atoms with E-state index in [4.69, 9.17) is 0 Å². The first-order valence-corrected chi connectivity index (χ1v) is 13.5. The van der Waals surface area contributed by atoms with Crippen LogP contribution < -0.4 is 0 Å². The second-order valence-corrected chi connectivity index (χ2v) is 10.4. The minimum absolute atomic E-state index is 0.0882. The number of nitrogens with zero attached hydrogens (tertiary/aromatic N) is 3. The fourth-order valence-electron chi connectivity index (χ4n) is 5.27. The second kappa shape index (κ2) is 11.5. The molecule has 0 radical (unpaired) electrons. The Bertz CT molecular complexity index is 986. The first-order chi connectivity index (χ1) is 16.5. The highest BCUT2D eigenvalue weighted by atomic mass is 32.1. The van der Waals surface area contributed by atoms with Gasteiger partial charge in [-0.2, -0.15) is 0 Å². The van der Waals surface area contributed by atoms with Crippen LogP contribution in [0.5, 0.6) is 0 Å². The molecule has 34 heavy (non-hydrogen) atoms. The van der Waals surface area contributed by atoms with Crippen LogP contribution in [-0.4, -0.2) is 65.8 Å². The average molecular weight is 486 g/mol. The van der Waals surface area contributed by atoms with Crippen molar-refractivity contribution in [1.29, 1.82) is 0 Å². The Balaban J connectivity index is 1.39. The average Bonchev–Trinajstić information content (AvgIpc) is 3.33. The molecule has 2 aliphatic heterocycles. The summed E-state index contributed by atoms with van der Waals surface area (Å²) in [5, 5.41) is 2.09. The standard InChI is InChI=1S/C27H36FN3O2S/c1-3-5-7-20(4-2)27(33)30-15-13-29(14-16-30)25(32)19-31-12-10-24-23(11-17-34-24)26(31)21-8-6-9-22(28)18-21/h6,8-9,11,17-18,20,26H,3-5,7,10,12-16,19H2,1-2H3/t20-,26+/m1/s1. The van der Waals surface area contributed by atoms with Gasteiger partial charge in [0, 0.05) is 43.5 Å². The van der Waals surface area contributed by atoms with Crippen molar-refractivity contribution in [3.63, 3.8) is 0 Å². The van der Waals surface area contributed by atoms with Crippen LogP contribution in [0, 0.1) is 11.7 Å². The molecule has 0 aliphatic carbocycles. The molecule has 0 unspecified atom stereocenters. The van der Waals surface area contributed by atoms with Crippen LogP contribution in [0.2, 0.25) is 0 Å². The third-order valence-corrected chi connectivity index (χ3v) is 8.26. The van der Waals surface area contributed by atoms with E-state index in [0.29, 0.717) is 32.7 Å². The Kier molecular flexibility index (Phi) is 8.37. The van der Waals surface area contributed by atoms with Gasteiger partial charge in [-0.1, -0.05) is 38.8 Å². The largest absolute Gasteiger partial charge is 0.339 e. The number of fused-ring (bicyclic) bond motifs is 1. The van der Waals surface area contributed by atoms with E-state index >= 15 is 0 Å². The third-order valence-electron chi connectivity index (χ3n) is 7.26. The van der Waals surface area contributed by atoms with Gasteiger partial charge in [-0.3, -0.25) is 14.5 Å². The Labute approximate surface area is 206 Å². The van der Waals surface area contributed by atoms with E-state index < -0.39 is 0 Å². The van der Waals surface area contributed by atoms with Crippen molar-refractivity contribution in [2.75, 3.05) is 39.3 Å². The van der Waals surface area contributed by atoms with Crippen molar-refractivity contribution in [2.45, 2.75) is 52.0 Å². The lowest BCUT2D eigenvalue weighted by atomic mass is 9.93. The Hall–Kier alpha value is -2.25. The van der Waals surface area contributed by atoms with E-state index in [9.17, 15) is 14.0 Å². The third kappa shape index (κ3) is 5.52. The van der Waals surface area contributed by atoms with E-state index in [2.05, 4.69) is 30.2 Å². The monoisotopic (exact) mass is 485 g/mol. The minimum Gasteiger partial charge on any atom is -0.339 e. The Morgan fingerprint density at radius 3 is 2.56 bits per heavy atom. The number of thiophene rings is 1. The number of rotatable bonds is 8. The molecule has 1 aromatic heterocycles. The summed E-state index contributed by atoms with van der Waals surface area (Å²) < 4.78 is 14.0. The number of carbonyl (C=O) groups excluding carboxylic acids is 2. The summed E-state index contributed by atoms with van der Waals surface area (Å²) in [4.78, 5) is 33.5. The number of piperazine rings is 1. The second-order valence-electron chi connectivity index (χ2n) is 9.43. The molecule has 2 atom stereocenters. The Morgan fingerprint density at radius 1 is 1.09 bits per heavy atom. The smallest absolute Gasteiger partial charge is 0.236 e. The molecule has 2 amide bonds. The summed E-state index contributed by atoms with van der Waals surface area (Å²) in [6, 6.07) is 8.74. The molecule has 2 aromatic rings. The van der Waals surface area contributed by atoms with E-state index in [0.717, 1.165) is 44.2 Å². The summed E-state index contributed by atoms with van der Waals surface area (Å²) in [6.07, 6.45) is 4.92. The zero-order valence-corrected chi connectivity index (χ0v) is 21.2. The lowest BCUT2D eigenvalue weighted by Crippen LogP contribution is -2.54. The van der Waals surface area contributed by atoms with Gasteiger partial charge in [-0.05, 0) is 54.0 Å². The fourth-order valence-corrected chi connectivity index (χ4v) is 6.17. The van der Waals surface area contributed by atoms with E-state index in [1.807, 2.05) is 15.9 Å². The van der Waals surface area contributed by atoms with Gasteiger partial charge in [-0.15, -0.1) is 11.3 Å². The predicted molar refractivity (Wildman–Crippen MR) is 134 cm³/mol. The lowest BCUT2D eigenvalue weighted by molar-refractivity contribution is -0.143. The van der Waals surface area contributed by atoms with Crippen LogP contribution in [0.25, 0.3) is 0 Å². The number of halogens is 1. The molecule has 5 nitrogen and oxygen atoms in total. The van der Waals surface area contributed by atoms with Crippen LogP contribution in [0.15, 0.2) is 35.7 Å². The molecule has 0 spiro atoms. The zero-order chi connectivity index (χ0) is 24.1. The van der Waals surface area contributed by atoms with E-state index in [1.165, 1.54) is 16.5 Å². The molecule has 0 bridgehead atoms. The van der Waals surface area contributed by atoms with Crippen LogP contribution in [-0.2, 0) is 16.0 Å². The molecule has 0 saturated carbocycles. The summed E-state index contributed by atoms with van der Waals surface area (Å²) in [5.41, 5.74) is 2.07. The zero-order valence-electron chi connectivity index (χ0n) is 20.3. The number of carbonyl (C=O) groups is 2. The molecule has 4 rings (SSSR count). The number of hydrogen-bond acceptors (Lipinski definition) is 4. The normalized spacial score (nSPS) is 19.7. The van der Waals surface area contributed by atoms with Gasteiger partial charge in [0.05, 0.1) is 12.6 Å². The highest BCUT2D eigenvalue weighted by Gasteiger charge is 2.33. The molecule has 2 aliphatic rings. The van der Waals surface area contributed by atoms with Gasteiger partial charge in [0.2, 0.25) is 11.8 Å². The molecule has 7 heteroatoms. The number of hydrogen-bond donors (Lipinski definition) is 0. The predicted octanol–water partition coefficient (Wildman–Crippen LogP) is 4.72.